The van der Waals surface area contributed by atoms with Gasteiger partial charge in [0.1, 0.15) is 0 Å². The normalized spacial score (nSPS) is 12.8. The first-order valence-corrected chi connectivity index (χ1v) is 7.88. The number of allylic oxidation sites excluding steroid dienone is 3. The maximum atomic E-state index is 12.2. The van der Waals surface area contributed by atoms with E-state index in [1.807, 2.05) is 43.3 Å². The summed E-state index contributed by atoms with van der Waals surface area (Å²) in [5.41, 5.74) is 1.87. The van der Waals surface area contributed by atoms with Gasteiger partial charge < -0.3 is 0 Å². The minimum atomic E-state index is -3.39. The van der Waals surface area contributed by atoms with E-state index in [1.54, 1.807) is 36.4 Å². The van der Waals surface area contributed by atoms with Crippen molar-refractivity contribution in [2.45, 2.75) is 11.8 Å². The first-order chi connectivity index (χ1) is 9.63. The molecule has 0 heterocycles. The molecule has 0 amide bonds. The molecule has 2 aromatic rings. The van der Waals surface area contributed by atoms with Gasteiger partial charge in [-0.3, -0.25) is 0 Å². The molecule has 0 aliphatic heterocycles. The molecule has 3 heteroatoms. The topological polar surface area (TPSA) is 34.1 Å². The third-order valence-corrected chi connectivity index (χ3v) is 4.34. The monoisotopic (exact) mass is 284 g/mol. The van der Waals surface area contributed by atoms with Crippen LogP contribution in [-0.4, -0.2) is 8.42 Å². The van der Waals surface area contributed by atoms with Crippen molar-refractivity contribution >= 4 is 15.4 Å². The van der Waals surface area contributed by atoms with Gasteiger partial charge in [-0.1, -0.05) is 54.6 Å². The Hall–Kier alpha value is -2.13. The summed E-state index contributed by atoms with van der Waals surface area (Å²) >= 11 is 0. The molecule has 2 aromatic carbocycles. The first kappa shape index (κ1) is 14.3. The fourth-order valence-corrected chi connectivity index (χ4v) is 2.86. The predicted octanol–water partition coefficient (Wildman–Crippen LogP) is 4.08. The van der Waals surface area contributed by atoms with Crippen molar-refractivity contribution in [3.05, 3.63) is 83.8 Å². The lowest BCUT2D eigenvalue weighted by Crippen LogP contribution is -1.95. The Labute approximate surface area is 120 Å². The van der Waals surface area contributed by atoms with Gasteiger partial charge in [0.25, 0.3) is 0 Å². The van der Waals surface area contributed by atoms with Crippen LogP contribution in [0.15, 0.2) is 83.1 Å². The average Bonchev–Trinajstić information content (AvgIpc) is 2.50. The Morgan fingerprint density at radius 1 is 0.900 bits per heavy atom. The Kier molecular flexibility index (Phi) is 4.53. The van der Waals surface area contributed by atoms with Crippen molar-refractivity contribution in [3.8, 4) is 0 Å². The fraction of sp³-hybridized carbons (Fsp3) is 0.0588. The van der Waals surface area contributed by atoms with Crippen LogP contribution in [0.1, 0.15) is 12.5 Å². The second kappa shape index (κ2) is 6.35. The third kappa shape index (κ3) is 3.45. The molecule has 0 aliphatic carbocycles. The molecule has 102 valence electrons. The SMILES string of the molecule is C/C=C(/C=C\S(=O)(=O)c1ccccc1)c1ccccc1. The van der Waals surface area contributed by atoms with Gasteiger partial charge in [-0.05, 0) is 36.3 Å². The van der Waals surface area contributed by atoms with Crippen LogP contribution in [0.5, 0.6) is 0 Å². The van der Waals surface area contributed by atoms with Crippen LogP contribution in [0, 0.1) is 0 Å². The zero-order chi connectivity index (χ0) is 14.4. The van der Waals surface area contributed by atoms with Gasteiger partial charge in [0.15, 0.2) is 9.84 Å². The number of rotatable bonds is 4. The van der Waals surface area contributed by atoms with E-state index in [2.05, 4.69) is 0 Å². The first-order valence-electron chi connectivity index (χ1n) is 6.33. The summed E-state index contributed by atoms with van der Waals surface area (Å²) in [5.74, 6) is 0. The standard InChI is InChI=1S/C17H16O2S/c1-2-15(16-9-5-3-6-10-16)13-14-20(18,19)17-11-7-4-8-12-17/h2-14H,1H3/b14-13-,15-2-. The molecule has 0 unspecified atom stereocenters. The predicted molar refractivity (Wildman–Crippen MR) is 82.9 cm³/mol. The van der Waals surface area contributed by atoms with Crippen molar-refractivity contribution < 1.29 is 8.42 Å². The second-order valence-electron chi connectivity index (χ2n) is 4.27. The quantitative estimate of drug-likeness (QED) is 0.793. The molecule has 0 spiro atoms. The largest absolute Gasteiger partial charge is 0.219 e. The molecule has 0 saturated heterocycles. The van der Waals surface area contributed by atoms with E-state index >= 15 is 0 Å². The van der Waals surface area contributed by atoms with Gasteiger partial charge in [-0.25, -0.2) is 8.42 Å². The molecule has 0 bridgehead atoms. The minimum Gasteiger partial charge on any atom is -0.219 e. The van der Waals surface area contributed by atoms with Crippen LogP contribution in [0.2, 0.25) is 0 Å². The Morgan fingerprint density at radius 2 is 1.45 bits per heavy atom. The van der Waals surface area contributed by atoms with E-state index in [-0.39, 0.29) is 0 Å². The maximum absolute atomic E-state index is 12.2. The number of hydrogen-bond donors (Lipinski definition) is 0. The van der Waals surface area contributed by atoms with Crippen molar-refractivity contribution in [2.24, 2.45) is 0 Å². The van der Waals surface area contributed by atoms with Gasteiger partial charge in [0.05, 0.1) is 4.90 Å². The Morgan fingerprint density at radius 3 is 2.00 bits per heavy atom. The van der Waals surface area contributed by atoms with E-state index in [4.69, 9.17) is 0 Å². The number of sulfone groups is 1. The van der Waals surface area contributed by atoms with E-state index in [0.29, 0.717) is 4.90 Å². The maximum Gasteiger partial charge on any atom is 0.199 e. The Bertz CT molecular complexity index is 712. The highest BCUT2D eigenvalue weighted by molar-refractivity contribution is 7.94. The molecule has 0 aliphatic rings. The zero-order valence-corrected chi connectivity index (χ0v) is 12.0. The highest BCUT2D eigenvalue weighted by atomic mass is 32.2. The highest BCUT2D eigenvalue weighted by Crippen LogP contribution is 2.18. The molecule has 2 nitrogen and oxygen atoms in total. The smallest absolute Gasteiger partial charge is 0.199 e. The van der Waals surface area contributed by atoms with E-state index in [9.17, 15) is 8.42 Å². The minimum absolute atomic E-state index is 0.305. The summed E-state index contributed by atoms with van der Waals surface area (Å²) in [4.78, 5) is 0.305. The van der Waals surface area contributed by atoms with Crippen LogP contribution < -0.4 is 0 Å². The molecular weight excluding hydrogens is 268 g/mol. The van der Waals surface area contributed by atoms with Gasteiger partial charge in [0.2, 0.25) is 0 Å². The summed E-state index contributed by atoms with van der Waals surface area (Å²) in [6, 6.07) is 18.1. The molecule has 0 aromatic heterocycles. The van der Waals surface area contributed by atoms with Crippen molar-refractivity contribution in [1.29, 1.82) is 0 Å². The van der Waals surface area contributed by atoms with Crippen LogP contribution in [0.3, 0.4) is 0 Å². The van der Waals surface area contributed by atoms with E-state index in [1.165, 1.54) is 5.41 Å². The van der Waals surface area contributed by atoms with Crippen LogP contribution in [-0.2, 0) is 9.84 Å². The van der Waals surface area contributed by atoms with Gasteiger partial charge in [0, 0.05) is 5.41 Å². The van der Waals surface area contributed by atoms with Crippen LogP contribution in [0.25, 0.3) is 5.57 Å². The van der Waals surface area contributed by atoms with E-state index in [0.717, 1.165) is 11.1 Å². The van der Waals surface area contributed by atoms with Gasteiger partial charge >= 0.3 is 0 Å². The summed E-state index contributed by atoms with van der Waals surface area (Å²) in [6.45, 7) is 1.89. The molecule has 20 heavy (non-hydrogen) atoms. The molecule has 0 saturated carbocycles. The molecule has 0 radical (unpaired) electrons. The van der Waals surface area contributed by atoms with Crippen LogP contribution >= 0.6 is 0 Å². The van der Waals surface area contributed by atoms with Gasteiger partial charge in [-0.15, -0.1) is 0 Å². The lowest BCUT2D eigenvalue weighted by atomic mass is 10.1. The molecule has 0 N–H and O–H groups in total. The van der Waals surface area contributed by atoms with Gasteiger partial charge in [-0.2, -0.15) is 0 Å². The molecule has 0 atom stereocenters. The highest BCUT2D eigenvalue weighted by Gasteiger charge is 2.09. The molecule has 2 rings (SSSR count). The summed E-state index contributed by atoms with van der Waals surface area (Å²) < 4.78 is 24.3. The molecular formula is C17H16O2S. The average molecular weight is 284 g/mol. The Balaban J connectivity index is 2.29. The van der Waals surface area contributed by atoms with Crippen molar-refractivity contribution in [3.63, 3.8) is 0 Å². The van der Waals surface area contributed by atoms with Crippen molar-refractivity contribution in [1.82, 2.24) is 0 Å². The van der Waals surface area contributed by atoms with E-state index < -0.39 is 9.84 Å². The third-order valence-electron chi connectivity index (χ3n) is 2.92. The zero-order valence-electron chi connectivity index (χ0n) is 11.2. The van der Waals surface area contributed by atoms with Crippen LogP contribution in [0.4, 0.5) is 0 Å². The second-order valence-corrected chi connectivity index (χ2v) is 6.10. The summed E-state index contributed by atoms with van der Waals surface area (Å²) in [6.07, 6.45) is 3.53. The van der Waals surface area contributed by atoms with Crippen molar-refractivity contribution in [2.75, 3.05) is 0 Å². The molecule has 0 fully saturated rings. The number of hydrogen-bond acceptors (Lipinski definition) is 2. The fourth-order valence-electron chi connectivity index (χ4n) is 1.84. The summed E-state index contributed by atoms with van der Waals surface area (Å²) in [7, 11) is -3.39. The number of benzene rings is 2. The lowest BCUT2D eigenvalue weighted by molar-refractivity contribution is 0.604. The lowest BCUT2D eigenvalue weighted by Gasteiger charge is -2.02. The summed E-state index contributed by atoms with van der Waals surface area (Å²) in [5, 5.41) is 1.25.